The summed E-state index contributed by atoms with van der Waals surface area (Å²) in [6.07, 6.45) is 0.263. The second-order valence-corrected chi connectivity index (χ2v) is 6.80. The second-order valence-electron chi connectivity index (χ2n) is 6.80. The van der Waals surface area contributed by atoms with Gasteiger partial charge in [0.15, 0.2) is 0 Å². The fraction of sp³-hybridized carbons (Fsp3) is 0.333. The molecule has 1 N–H and O–H groups in total. The normalized spacial score (nSPS) is 14.0. The SMILES string of the molecule is CC(C)[C@@H](NC(=O)OCc1ccccc1)C(=O)N1CCc2ccccc21. The number of hydrogen-bond acceptors (Lipinski definition) is 3. The number of nitrogens with one attached hydrogen (secondary N) is 1. The van der Waals surface area contributed by atoms with E-state index in [-0.39, 0.29) is 18.4 Å². The van der Waals surface area contributed by atoms with E-state index in [1.807, 2.05) is 68.4 Å². The van der Waals surface area contributed by atoms with Gasteiger partial charge in [-0.05, 0) is 29.5 Å². The molecule has 5 nitrogen and oxygen atoms in total. The van der Waals surface area contributed by atoms with E-state index in [0.29, 0.717) is 6.54 Å². The highest BCUT2D eigenvalue weighted by Crippen LogP contribution is 2.28. The first-order valence-electron chi connectivity index (χ1n) is 8.93. The summed E-state index contributed by atoms with van der Waals surface area (Å²) < 4.78 is 5.27. The van der Waals surface area contributed by atoms with Crippen LogP contribution in [0.15, 0.2) is 54.6 Å². The molecular formula is C21H24N2O3. The van der Waals surface area contributed by atoms with Gasteiger partial charge in [-0.2, -0.15) is 0 Å². The average molecular weight is 352 g/mol. The standard InChI is InChI=1S/C21H24N2O3/c1-15(2)19(22-21(25)26-14-16-8-4-3-5-9-16)20(24)23-13-12-17-10-6-7-11-18(17)23/h3-11,15,19H,12-14H2,1-2H3,(H,22,25)/t19-/m1/s1. The molecular weight excluding hydrogens is 328 g/mol. The number of nitrogens with zero attached hydrogens (tertiary/aromatic N) is 1. The van der Waals surface area contributed by atoms with Gasteiger partial charge in [0.05, 0.1) is 0 Å². The number of anilines is 1. The summed E-state index contributed by atoms with van der Waals surface area (Å²) in [5, 5.41) is 2.74. The zero-order valence-corrected chi connectivity index (χ0v) is 15.1. The largest absolute Gasteiger partial charge is 0.445 e. The van der Waals surface area contributed by atoms with Crippen molar-refractivity contribution in [2.75, 3.05) is 11.4 Å². The van der Waals surface area contributed by atoms with E-state index < -0.39 is 12.1 Å². The smallest absolute Gasteiger partial charge is 0.408 e. The Morgan fingerprint density at radius 3 is 2.50 bits per heavy atom. The van der Waals surface area contributed by atoms with Crippen molar-refractivity contribution < 1.29 is 14.3 Å². The predicted octanol–water partition coefficient (Wildman–Crippen LogP) is 3.53. The van der Waals surface area contributed by atoms with Gasteiger partial charge in [-0.3, -0.25) is 4.79 Å². The molecule has 1 atom stereocenters. The van der Waals surface area contributed by atoms with Gasteiger partial charge in [-0.1, -0.05) is 62.4 Å². The maximum absolute atomic E-state index is 13.0. The number of hydrogen-bond donors (Lipinski definition) is 1. The van der Waals surface area contributed by atoms with Crippen molar-refractivity contribution in [1.29, 1.82) is 0 Å². The quantitative estimate of drug-likeness (QED) is 0.896. The van der Waals surface area contributed by atoms with Crippen molar-refractivity contribution in [3.63, 3.8) is 0 Å². The number of ether oxygens (including phenoxy) is 1. The molecule has 0 fully saturated rings. The number of para-hydroxylation sites is 1. The molecule has 0 spiro atoms. The Morgan fingerprint density at radius 2 is 1.77 bits per heavy atom. The molecule has 0 aromatic heterocycles. The van der Waals surface area contributed by atoms with E-state index >= 15 is 0 Å². The Hall–Kier alpha value is -2.82. The first-order chi connectivity index (χ1) is 12.6. The van der Waals surface area contributed by atoms with Crippen molar-refractivity contribution in [3.05, 3.63) is 65.7 Å². The summed E-state index contributed by atoms with van der Waals surface area (Å²) in [5.41, 5.74) is 3.00. The maximum Gasteiger partial charge on any atom is 0.408 e. The van der Waals surface area contributed by atoms with Crippen LogP contribution in [0, 0.1) is 5.92 Å². The fourth-order valence-corrected chi connectivity index (χ4v) is 3.14. The van der Waals surface area contributed by atoms with Crippen LogP contribution in [0.2, 0.25) is 0 Å². The number of benzene rings is 2. The number of alkyl carbamates (subject to hydrolysis) is 1. The van der Waals surface area contributed by atoms with Gasteiger partial charge in [0.25, 0.3) is 0 Å². The molecule has 1 heterocycles. The van der Waals surface area contributed by atoms with Crippen LogP contribution in [0.3, 0.4) is 0 Å². The van der Waals surface area contributed by atoms with Gasteiger partial charge < -0.3 is 15.0 Å². The lowest BCUT2D eigenvalue weighted by atomic mass is 10.0. The highest BCUT2D eigenvalue weighted by atomic mass is 16.5. The summed E-state index contributed by atoms with van der Waals surface area (Å²) in [5.74, 6) is -0.138. The van der Waals surface area contributed by atoms with E-state index in [1.165, 1.54) is 0 Å². The number of carbonyl (C=O) groups is 2. The molecule has 5 heteroatoms. The van der Waals surface area contributed by atoms with Crippen LogP contribution in [0.5, 0.6) is 0 Å². The van der Waals surface area contributed by atoms with Crippen molar-refractivity contribution in [2.24, 2.45) is 5.92 Å². The third-order valence-corrected chi connectivity index (χ3v) is 4.57. The maximum atomic E-state index is 13.0. The zero-order valence-electron chi connectivity index (χ0n) is 15.1. The Morgan fingerprint density at radius 1 is 1.08 bits per heavy atom. The third kappa shape index (κ3) is 4.04. The van der Waals surface area contributed by atoms with E-state index in [0.717, 1.165) is 23.2 Å². The molecule has 0 unspecified atom stereocenters. The Labute approximate surface area is 154 Å². The van der Waals surface area contributed by atoms with E-state index in [2.05, 4.69) is 5.32 Å². The molecule has 2 aromatic rings. The topological polar surface area (TPSA) is 58.6 Å². The van der Waals surface area contributed by atoms with Crippen LogP contribution in [0.25, 0.3) is 0 Å². The van der Waals surface area contributed by atoms with Crippen LogP contribution in [0.4, 0.5) is 10.5 Å². The second kappa shape index (κ2) is 8.04. The highest BCUT2D eigenvalue weighted by Gasteiger charge is 2.33. The summed E-state index contributed by atoms with van der Waals surface area (Å²) in [4.78, 5) is 27.0. The van der Waals surface area contributed by atoms with Gasteiger partial charge in [0, 0.05) is 12.2 Å². The molecule has 2 aromatic carbocycles. The predicted molar refractivity (Wildman–Crippen MR) is 101 cm³/mol. The monoisotopic (exact) mass is 352 g/mol. The Balaban J connectivity index is 1.64. The lowest BCUT2D eigenvalue weighted by Crippen LogP contribution is -2.51. The first-order valence-corrected chi connectivity index (χ1v) is 8.93. The van der Waals surface area contributed by atoms with E-state index in [1.54, 1.807) is 4.90 Å². The molecule has 136 valence electrons. The molecule has 0 aliphatic carbocycles. The van der Waals surface area contributed by atoms with Crippen LogP contribution in [-0.4, -0.2) is 24.6 Å². The van der Waals surface area contributed by atoms with Crippen molar-refractivity contribution in [3.8, 4) is 0 Å². The highest BCUT2D eigenvalue weighted by molar-refractivity contribution is 6.00. The van der Waals surface area contributed by atoms with Crippen LogP contribution in [-0.2, 0) is 22.6 Å². The summed E-state index contributed by atoms with van der Waals surface area (Å²) in [7, 11) is 0. The number of amides is 2. The molecule has 1 aliphatic rings. The van der Waals surface area contributed by atoms with Gasteiger partial charge in [0.2, 0.25) is 5.91 Å². The van der Waals surface area contributed by atoms with Gasteiger partial charge in [-0.15, -0.1) is 0 Å². The number of fused-ring (bicyclic) bond motifs is 1. The summed E-state index contributed by atoms with van der Waals surface area (Å²) in [6, 6.07) is 16.7. The molecule has 0 bridgehead atoms. The minimum Gasteiger partial charge on any atom is -0.445 e. The van der Waals surface area contributed by atoms with Gasteiger partial charge in [0.1, 0.15) is 12.6 Å². The zero-order chi connectivity index (χ0) is 18.5. The molecule has 1 aliphatic heterocycles. The van der Waals surface area contributed by atoms with Crippen LogP contribution >= 0.6 is 0 Å². The summed E-state index contributed by atoms with van der Waals surface area (Å²) >= 11 is 0. The van der Waals surface area contributed by atoms with Gasteiger partial charge in [-0.25, -0.2) is 4.79 Å². The van der Waals surface area contributed by atoms with Crippen molar-refractivity contribution in [2.45, 2.75) is 32.9 Å². The molecule has 26 heavy (non-hydrogen) atoms. The number of carbonyl (C=O) groups excluding carboxylic acids is 2. The van der Waals surface area contributed by atoms with Crippen molar-refractivity contribution >= 4 is 17.7 Å². The third-order valence-electron chi connectivity index (χ3n) is 4.57. The van der Waals surface area contributed by atoms with E-state index in [9.17, 15) is 9.59 Å². The lowest BCUT2D eigenvalue weighted by molar-refractivity contribution is -0.121. The molecule has 3 rings (SSSR count). The van der Waals surface area contributed by atoms with E-state index in [4.69, 9.17) is 4.74 Å². The van der Waals surface area contributed by atoms with Crippen LogP contribution < -0.4 is 10.2 Å². The minimum absolute atomic E-state index is 0.0421. The average Bonchev–Trinajstić information content (AvgIpc) is 3.08. The molecule has 0 saturated heterocycles. The minimum atomic E-state index is -0.621. The lowest BCUT2D eigenvalue weighted by Gasteiger charge is -2.27. The first kappa shape index (κ1) is 18.0. The van der Waals surface area contributed by atoms with Crippen molar-refractivity contribution in [1.82, 2.24) is 5.32 Å². The number of rotatable bonds is 5. The Kier molecular flexibility index (Phi) is 5.56. The fourth-order valence-electron chi connectivity index (χ4n) is 3.14. The molecule has 0 radical (unpaired) electrons. The molecule has 0 saturated carbocycles. The molecule has 2 amide bonds. The van der Waals surface area contributed by atoms with Crippen LogP contribution in [0.1, 0.15) is 25.0 Å². The summed E-state index contributed by atoms with van der Waals surface area (Å²) in [6.45, 7) is 4.66. The Bertz CT molecular complexity index is 774. The van der Waals surface area contributed by atoms with Gasteiger partial charge >= 0.3 is 6.09 Å².